The number of aliphatic hydroxyl groups excluding tert-OH is 1. The van der Waals surface area contributed by atoms with Crippen LogP contribution in [-0.4, -0.2) is 69.5 Å². The molecule has 0 bridgehead atoms. The Hall–Kier alpha value is -1.23. The van der Waals surface area contributed by atoms with Crippen LogP contribution >= 0.6 is 35.1 Å². The molecule has 0 spiro atoms. The molecule has 8 N–H and O–H groups in total. The SMILES string of the molecule is [2H]C([2H])(OP(=O)(O)OP(=O)(O)OP(=O)(O)O)[C@H]1O[C@@H](n2ccc3c(=O)[nH]c(N)nc32)C(Cl)(CF)[C@H]1O. The summed E-state index contributed by atoms with van der Waals surface area (Å²) in [6.45, 7) is -5.25. The molecular formula is C12H17ClFN4O13P3. The second-order valence-electron chi connectivity index (χ2n) is 6.63. The Balaban J connectivity index is 1.94. The number of nitrogen functional groups attached to an aromatic ring is 1. The molecule has 0 aliphatic carbocycles. The van der Waals surface area contributed by atoms with Crippen molar-refractivity contribution in [3.8, 4) is 0 Å². The quantitative estimate of drug-likeness (QED) is 0.152. The number of hydrogen-bond donors (Lipinski definition) is 7. The van der Waals surface area contributed by atoms with E-state index < -0.39 is 65.6 Å². The fraction of sp³-hybridized carbons (Fsp3) is 0.500. The zero-order valence-electron chi connectivity index (χ0n) is 18.2. The number of hydrogen-bond acceptors (Lipinski definition) is 11. The van der Waals surface area contributed by atoms with Gasteiger partial charge in [-0.05, 0) is 6.07 Å². The van der Waals surface area contributed by atoms with E-state index in [-0.39, 0.29) is 17.0 Å². The van der Waals surface area contributed by atoms with Crippen molar-refractivity contribution in [1.82, 2.24) is 14.5 Å². The molecule has 1 aliphatic heterocycles. The van der Waals surface area contributed by atoms with Gasteiger partial charge >= 0.3 is 23.5 Å². The maximum absolute atomic E-state index is 14.1. The first kappa shape index (κ1) is 24.5. The molecule has 34 heavy (non-hydrogen) atoms. The third-order valence-corrected chi connectivity index (χ3v) is 8.40. The molecule has 1 aliphatic rings. The van der Waals surface area contributed by atoms with E-state index in [2.05, 4.69) is 23.1 Å². The largest absolute Gasteiger partial charge is 0.490 e. The summed E-state index contributed by atoms with van der Waals surface area (Å²) in [6, 6.07) is 1.19. The van der Waals surface area contributed by atoms with Crippen LogP contribution in [0.4, 0.5) is 10.3 Å². The van der Waals surface area contributed by atoms with Gasteiger partial charge in [0.25, 0.3) is 5.56 Å². The number of alkyl halides is 2. The minimum atomic E-state index is -6.05. The zero-order valence-corrected chi connectivity index (χ0v) is 19.6. The Morgan fingerprint density at radius 1 is 1.32 bits per heavy atom. The molecule has 2 aromatic rings. The van der Waals surface area contributed by atoms with Crippen LogP contribution < -0.4 is 11.3 Å². The highest BCUT2D eigenvalue weighted by molar-refractivity contribution is 7.66. The monoisotopic (exact) mass is 574 g/mol. The van der Waals surface area contributed by atoms with E-state index in [4.69, 9.17) is 34.6 Å². The van der Waals surface area contributed by atoms with Crippen molar-refractivity contribution in [2.75, 3.05) is 19.0 Å². The Labute approximate surface area is 195 Å². The normalized spacial score (nSPS) is 30.5. The zero-order chi connectivity index (χ0) is 27.5. The first-order valence-electron chi connectivity index (χ1n) is 9.51. The summed E-state index contributed by atoms with van der Waals surface area (Å²) in [7, 11) is -17.8. The van der Waals surface area contributed by atoms with Crippen molar-refractivity contribution in [3.05, 3.63) is 22.6 Å². The number of nitrogens with zero attached hydrogens (tertiary/aromatic N) is 2. The number of H-pyrrole nitrogens is 1. The summed E-state index contributed by atoms with van der Waals surface area (Å²) in [5.41, 5.74) is 4.57. The van der Waals surface area contributed by atoms with E-state index in [1.54, 1.807) is 0 Å². The third-order valence-electron chi connectivity index (χ3n) is 4.22. The molecule has 3 rings (SSSR count). The molecule has 22 heteroatoms. The summed E-state index contributed by atoms with van der Waals surface area (Å²) >= 11 is 6.20. The number of halogens is 2. The standard InChI is InChI=1S/C12H17ClFN4O13P3/c13-12(4-14)7(19)6(3-28-33(24,25)31-34(26,27)30-32(21,22)23)29-10(12)18-2-1-5-8(18)16-11(15)17-9(5)20/h1-2,6-7,10,19H,3-4H2,(H,24,25)(H,26,27)(H2,21,22,23)(H3,15,16,17,20)/t6-,7+,10-,12?/m1/s1/i3D2. The molecule has 0 radical (unpaired) electrons. The van der Waals surface area contributed by atoms with Gasteiger partial charge < -0.3 is 39.7 Å². The first-order valence-corrected chi connectivity index (χ1v) is 13.4. The van der Waals surface area contributed by atoms with Gasteiger partial charge in [-0.15, -0.1) is 11.6 Å². The third kappa shape index (κ3) is 5.77. The first-order chi connectivity index (χ1) is 16.2. The molecular weight excluding hydrogens is 556 g/mol. The lowest BCUT2D eigenvalue weighted by molar-refractivity contribution is -0.0436. The van der Waals surface area contributed by atoms with Gasteiger partial charge in [0.05, 0.1) is 14.7 Å². The average Bonchev–Trinajstić information content (AvgIpc) is 3.17. The van der Waals surface area contributed by atoms with Gasteiger partial charge in [0, 0.05) is 6.20 Å². The number of aromatic amines is 1. The van der Waals surface area contributed by atoms with Crippen molar-refractivity contribution in [1.29, 1.82) is 0 Å². The van der Waals surface area contributed by atoms with Crippen LogP contribution in [0.5, 0.6) is 0 Å². The summed E-state index contributed by atoms with van der Waals surface area (Å²) in [5, 5.41) is 10.5. The minimum absolute atomic E-state index is 0.0834. The van der Waals surface area contributed by atoms with Crippen LogP contribution in [0.25, 0.3) is 11.0 Å². The summed E-state index contributed by atoms with van der Waals surface area (Å²) < 4.78 is 81.5. The molecule has 2 aromatic heterocycles. The van der Waals surface area contributed by atoms with Crippen LogP contribution in [0, 0.1) is 0 Å². The summed E-state index contributed by atoms with van der Waals surface area (Å²) in [6.07, 6.45) is -5.47. The lowest BCUT2D eigenvalue weighted by Gasteiger charge is -2.28. The number of phosphoric ester groups is 1. The van der Waals surface area contributed by atoms with E-state index in [1.165, 1.54) is 6.07 Å². The Morgan fingerprint density at radius 3 is 2.56 bits per heavy atom. The van der Waals surface area contributed by atoms with Gasteiger partial charge in [-0.3, -0.25) is 14.3 Å². The summed E-state index contributed by atoms with van der Waals surface area (Å²) in [4.78, 5) is 51.6. The molecule has 3 unspecified atom stereocenters. The summed E-state index contributed by atoms with van der Waals surface area (Å²) in [5.74, 6) is -0.369. The van der Waals surface area contributed by atoms with E-state index in [1.807, 2.05) is 0 Å². The molecule has 17 nitrogen and oxygen atoms in total. The second kappa shape index (κ2) is 9.33. The van der Waals surface area contributed by atoms with Crippen molar-refractivity contribution in [2.45, 2.75) is 23.3 Å². The topological polar surface area (TPSA) is 266 Å². The highest BCUT2D eigenvalue weighted by atomic mass is 35.5. The number of aromatic nitrogens is 3. The Kier molecular flexibility index (Phi) is 6.72. The second-order valence-corrected chi connectivity index (χ2v) is 11.7. The highest BCUT2D eigenvalue weighted by Gasteiger charge is 2.57. The molecule has 3 heterocycles. The lowest BCUT2D eigenvalue weighted by Crippen LogP contribution is -2.44. The molecule has 1 fully saturated rings. The van der Waals surface area contributed by atoms with Gasteiger partial charge in [-0.25, -0.2) is 18.1 Å². The minimum Gasteiger partial charge on any atom is -0.388 e. The van der Waals surface area contributed by atoms with Crippen molar-refractivity contribution in [2.24, 2.45) is 0 Å². The van der Waals surface area contributed by atoms with Crippen LogP contribution in [0.2, 0.25) is 0 Å². The lowest BCUT2D eigenvalue weighted by atomic mass is 10.0. The van der Waals surface area contributed by atoms with Crippen molar-refractivity contribution >= 4 is 52.1 Å². The van der Waals surface area contributed by atoms with Crippen LogP contribution in [0.1, 0.15) is 8.97 Å². The van der Waals surface area contributed by atoms with Crippen LogP contribution in [0.15, 0.2) is 17.1 Å². The van der Waals surface area contributed by atoms with Gasteiger partial charge in [-0.2, -0.15) is 13.6 Å². The van der Waals surface area contributed by atoms with E-state index in [0.29, 0.717) is 0 Å². The molecule has 0 amide bonds. The van der Waals surface area contributed by atoms with E-state index in [9.17, 15) is 37.8 Å². The predicted octanol–water partition coefficient (Wildman–Crippen LogP) is -0.145. The smallest absolute Gasteiger partial charge is 0.388 e. The van der Waals surface area contributed by atoms with Gasteiger partial charge in [0.2, 0.25) is 5.95 Å². The van der Waals surface area contributed by atoms with Crippen molar-refractivity contribution in [3.63, 3.8) is 0 Å². The number of nitrogens with two attached hydrogens (primary N) is 1. The number of rotatable bonds is 9. The number of nitrogens with one attached hydrogen (secondary N) is 1. The highest BCUT2D eigenvalue weighted by Crippen LogP contribution is 2.66. The number of anilines is 1. The molecule has 6 atom stereocenters. The predicted molar refractivity (Wildman–Crippen MR) is 109 cm³/mol. The number of phosphoric acid groups is 3. The number of ether oxygens (including phenoxy) is 1. The fourth-order valence-corrected chi connectivity index (χ4v) is 6.07. The Morgan fingerprint density at radius 2 is 1.97 bits per heavy atom. The number of aliphatic hydroxyl groups is 1. The number of fused-ring (bicyclic) bond motifs is 1. The van der Waals surface area contributed by atoms with E-state index in [0.717, 1.165) is 10.8 Å². The van der Waals surface area contributed by atoms with Gasteiger partial charge in [0.15, 0.2) is 11.9 Å². The molecule has 0 saturated carbocycles. The molecule has 192 valence electrons. The Bertz CT molecular complexity index is 1370. The average molecular weight is 575 g/mol. The van der Waals surface area contributed by atoms with Crippen LogP contribution in [0.3, 0.4) is 0 Å². The van der Waals surface area contributed by atoms with Gasteiger partial charge in [0.1, 0.15) is 23.8 Å². The molecule has 1 saturated heterocycles. The maximum Gasteiger partial charge on any atom is 0.490 e. The molecule has 0 aromatic carbocycles. The maximum atomic E-state index is 14.1. The van der Waals surface area contributed by atoms with Gasteiger partial charge in [-0.1, -0.05) is 0 Å². The van der Waals surface area contributed by atoms with Crippen LogP contribution in [-0.2, 0) is 31.6 Å². The fourth-order valence-electron chi connectivity index (χ4n) is 2.92. The van der Waals surface area contributed by atoms with Crippen molar-refractivity contribution < 1.29 is 63.4 Å². The van der Waals surface area contributed by atoms with E-state index >= 15 is 0 Å².